The van der Waals surface area contributed by atoms with Gasteiger partial charge in [-0.25, -0.2) is 0 Å². The minimum Gasteiger partial charge on any atom is -0.395 e. The Morgan fingerprint density at radius 1 is 1.42 bits per heavy atom. The number of H-pyrrole nitrogens is 1. The average molecular weight is 329 g/mol. The van der Waals surface area contributed by atoms with E-state index in [0.29, 0.717) is 5.56 Å². The molecule has 2 aromatic rings. The lowest BCUT2D eigenvalue weighted by Crippen LogP contribution is -2.37. The Morgan fingerprint density at radius 2 is 2.12 bits per heavy atom. The van der Waals surface area contributed by atoms with Crippen molar-refractivity contribution in [1.29, 1.82) is 5.26 Å². The summed E-state index contributed by atoms with van der Waals surface area (Å²) < 4.78 is 0. The summed E-state index contributed by atoms with van der Waals surface area (Å²) >= 11 is 0. The molecule has 126 valence electrons. The number of hydrogen-bond acceptors (Lipinski definition) is 8. The number of likely N-dealkylation sites (N-methyl/N-ethyl adjacent to an activating group) is 1. The van der Waals surface area contributed by atoms with Gasteiger partial charge in [0.2, 0.25) is 5.82 Å². The molecule has 0 aliphatic heterocycles. The van der Waals surface area contributed by atoms with E-state index >= 15 is 0 Å². The molecule has 0 amide bonds. The molecule has 1 aromatic carbocycles. The Labute approximate surface area is 139 Å². The van der Waals surface area contributed by atoms with Gasteiger partial charge in [0.05, 0.1) is 18.8 Å². The molecule has 2 atom stereocenters. The number of rotatable bonds is 7. The first-order chi connectivity index (χ1) is 11.6. The summed E-state index contributed by atoms with van der Waals surface area (Å²) in [6, 6.07) is 8.65. The zero-order valence-electron chi connectivity index (χ0n) is 13.4. The first-order valence-electron chi connectivity index (χ1n) is 7.22. The van der Waals surface area contributed by atoms with Crippen LogP contribution in [0.1, 0.15) is 17.5 Å². The van der Waals surface area contributed by atoms with E-state index in [1.807, 2.05) is 6.07 Å². The standard InChI is InChI=1S/C15H19N7O2/c1-22(2)13(9-23)14(24)10-3-5-12(6-4-10)17-8-11(7-16)15-18-20-21-19-15/h3-6,8,13-14,17,23-24H,9H2,1-2H3,(H,18,19,20,21). The second kappa shape index (κ2) is 8.16. The highest BCUT2D eigenvalue weighted by atomic mass is 16.3. The van der Waals surface area contributed by atoms with Gasteiger partial charge in [0.15, 0.2) is 0 Å². The minimum absolute atomic E-state index is 0.146. The van der Waals surface area contributed by atoms with E-state index in [0.717, 1.165) is 5.69 Å². The summed E-state index contributed by atoms with van der Waals surface area (Å²) in [5.41, 5.74) is 1.66. The van der Waals surface area contributed by atoms with E-state index in [1.54, 1.807) is 43.3 Å². The van der Waals surface area contributed by atoms with Crippen LogP contribution in [0.4, 0.5) is 5.69 Å². The van der Waals surface area contributed by atoms with Crippen LogP contribution in [0.2, 0.25) is 0 Å². The van der Waals surface area contributed by atoms with Crippen LogP contribution >= 0.6 is 0 Å². The molecule has 9 nitrogen and oxygen atoms in total. The van der Waals surface area contributed by atoms with Crippen LogP contribution in [0, 0.1) is 11.3 Å². The van der Waals surface area contributed by atoms with Gasteiger partial charge in [-0.2, -0.15) is 10.5 Å². The summed E-state index contributed by atoms with van der Waals surface area (Å²) in [5, 5.41) is 44.9. The number of anilines is 1. The average Bonchev–Trinajstić information content (AvgIpc) is 3.10. The van der Waals surface area contributed by atoms with Crippen molar-refractivity contribution in [2.24, 2.45) is 0 Å². The lowest BCUT2D eigenvalue weighted by molar-refractivity contribution is 0.0390. The van der Waals surface area contributed by atoms with Crippen LogP contribution in [-0.4, -0.2) is 62.5 Å². The van der Waals surface area contributed by atoms with Crippen molar-refractivity contribution >= 4 is 11.3 Å². The van der Waals surface area contributed by atoms with Crippen LogP contribution < -0.4 is 5.32 Å². The molecule has 1 heterocycles. The zero-order valence-corrected chi connectivity index (χ0v) is 13.4. The number of tetrazole rings is 1. The highest BCUT2D eigenvalue weighted by Gasteiger charge is 2.21. The first kappa shape index (κ1) is 17.6. The maximum atomic E-state index is 10.3. The maximum absolute atomic E-state index is 10.3. The lowest BCUT2D eigenvalue weighted by Gasteiger charge is -2.27. The van der Waals surface area contributed by atoms with Gasteiger partial charge in [-0.05, 0) is 37.0 Å². The fourth-order valence-electron chi connectivity index (χ4n) is 2.12. The van der Waals surface area contributed by atoms with Crippen molar-refractivity contribution in [3.63, 3.8) is 0 Å². The van der Waals surface area contributed by atoms with E-state index in [1.165, 1.54) is 6.20 Å². The highest BCUT2D eigenvalue weighted by Crippen LogP contribution is 2.21. The molecule has 0 aliphatic rings. The first-order valence-corrected chi connectivity index (χ1v) is 7.22. The van der Waals surface area contributed by atoms with Gasteiger partial charge >= 0.3 is 0 Å². The van der Waals surface area contributed by atoms with Crippen LogP contribution in [0.15, 0.2) is 30.5 Å². The van der Waals surface area contributed by atoms with Crippen molar-refractivity contribution in [2.75, 3.05) is 26.0 Å². The third-order valence-corrected chi connectivity index (χ3v) is 3.56. The monoisotopic (exact) mass is 329 g/mol. The van der Waals surface area contributed by atoms with Gasteiger partial charge in [-0.3, -0.25) is 0 Å². The second-order valence-electron chi connectivity index (χ2n) is 5.33. The number of nitrogens with one attached hydrogen (secondary N) is 2. The molecule has 24 heavy (non-hydrogen) atoms. The molecule has 0 bridgehead atoms. The molecule has 0 fully saturated rings. The number of aromatic amines is 1. The summed E-state index contributed by atoms with van der Waals surface area (Å²) in [4.78, 5) is 1.77. The van der Waals surface area contributed by atoms with Crippen LogP contribution in [-0.2, 0) is 0 Å². The number of benzene rings is 1. The largest absolute Gasteiger partial charge is 0.395 e. The Bertz CT molecular complexity index is 704. The number of nitrogens with zero attached hydrogens (tertiary/aromatic N) is 5. The SMILES string of the molecule is CN(C)C(CO)C(O)c1ccc(NC=C(C#N)c2nn[nH]n2)cc1. The molecule has 1 aromatic heterocycles. The van der Waals surface area contributed by atoms with Gasteiger partial charge in [0.25, 0.3) is 0 Å². The fraction of sp³-hybridized carbons (Fsp3) is 0.333. The van der Waals surface area contributed by atoms with Crippen molar-refractivity contribution < 1.29 is 10.2 Å². The highest BCUT2D eigenvalue weighted by molar-refractivity contribution is 5.73. The van der Waals surface area contributed by atoms with Crippen molar-refractivity contribution in [2.45, 2.75) is 12.1 Å². The summed E-state index contributed by atoms with van der Waals surface area (Å²) in [5.74, 6) is 0.203. The van der Waals surface area contributed by atoms with Crippen LogP contribution in [0.5, 0.6) is 0 Å². The van der Waals surface area contributed by atoms with E-state index in [9.17, 15) is 10.2 Å². The Morgan fingerprint density at radius 3 is 2.62 bits per heavy atom. The lowest BCUT2D eigenvalue weighted by atomic mass is 10.0. The van der Waals surface area contributed by atoms with Gasteiger partial charge in [0.1, 0.15) is 11.6 Å². The summed E-state index contributed by atoms with van der Waals surface area (Å²) in [6.07, 6.45) is 0.677. The van der Waals surface area contributed by atoms with Crippen molar-refractivity contribution in [3.8, 4) is 6.07 Å². The number of aliphatic hydroxyl groups excluding tert-OH is 2. The number of nitriles is 1. The Kier molecular flexibility index (Phi) is 5.97. The normalized spacial score (nSPS) is 14.2. The molecular weight excluding hydrogens is 310 g/mol. The molecule has 4 N–H and O–H groups in total. The van der Waals surface area contributed by atoms with Crippen LogP contribution in [0.25, 0.3) is 5.57 Å². The summed E-state index contributed by atoms with van der Waals surface area (Å²) in [6.45, 7) is -0.146. The van der Waals surface area contributed by atoms with Gasteiger partial charge in [0, 0.05) is 11.9 Å². The van der Waals surface area contributed by atoms with E-state index in [4.69, 9.17) is 5.26 Å². The van der Waals surface area contributed by atoms with Gasteiger partial charge < -0.3 is 20.4 Å². The quantitative estimate of drug-likeness (QED) is 0.527. The smallest absolute Gasteiger partial charge is 0.216 e. The molecule has 0 aliphatic carbocycles. The minimum atomic E-state index is -0.802. The third kappa shape index (κ3) is 4.14. The molecule has 0 saturated carbocycles. The number of aliphatic hydroxyl groups is 2. The molecule has 0 saturated heterocycles. The van der Waals surface area contributed by atoms with Crippen LogP contribution in [0.3, 0.4) is 0 Å². The maximum Gasteiger partial charge on any atom is 0.216 e. The van der Waals surface area contributed by atoms with E-state index in [2.05, 4.69) is 25.9 Å². The second-order valence-corrected chi connectivity index (χ2v) is 5.33. The molecule has 2 rings (SSSR count). The van der Waals surface area contributed by atoms with E-state index in [-0.39, 0.29) is 24.0 Å². The predicted octanol–water partition coefficient (Wildman–Crippen LogP) is 0.132. The van der Waals surface area contributed by atoms with Gasteiger partial charge in [-0.15, -0.1) is 10.2 Å². The van der Waals surface area contributed by atoms with Crippen molar-refractivity contribution in [1.82, 2.24) is 25.5 Å². The molecule has 9 heteroatoms. The third-order valence-electron chi connectivity index (χ3n) is 3.56. The molecule has 0 radical (unpaired) electrons. The Balaban J connectivity index is 2.08. The topological polar surface area (TPSA) is 134 Å². The Hall–Kier alpha value is -2.80. The predicted molar refractivity (Wildman–Crippen MR) is 87.4 cm³/mol. The molecular formula is C15H19N7O2. The number of allylic oxidation sites excluding steroid dienone is 1. The fourth-order valence-corrected chi connectivity index (χ4v) is 2.12. The van der Waals surface area contributed by atoms with Gasteiger partial charge in [-0.1, -0.05) is 12.1 Å². The number of hydrogen-bond donors (Lipinski definition) is 4. The van der Waals surface area contributed by atoms with E-state index < -0.39 is 6.10 Å². The summed E-state index contributed by atoms with van der Waals surface area (Å²) in [7, 11) is 3.60. The zero-order chi connectivity index (χ0) is 17.5. The molecule has 2 unspecified atom stereocenters. The van der Waals surface area contributed by atoms with Crippen molar-refractivity contribution in [3.05, 3.63) is 41.9 Å². The number of aromatic nitrogens is 4. The molecule has 0 spiro atoms.